The Morgan fingerprint density at radius 1 is 1.25 bits per heavy atom. The molecule has 1 aromatic carbocycles. The second-order valence-corrected chi connectivity index (χ2v) is 5.83. The molecule has 112 valence electrons. The number of hydrogen-bond donors (Lipinski definition) is 1. The molecule has 0 amide bonds. The molecule has 1 aliphatic rings. The highest BCUT2D eigenvalue weighted by Gasteiger charge is 2.25. The summed E-state index contributed by atoms with van der Waals surface area (Å²) in [5.41, 5.74) is 1.15. The van der Waals surface area contributed by atoms with Gasteiger partial charge in [-0.2, -0.15) is 0 Å². The first kappa shape index (κ1) is 15.6. The molecule has 1 aliphatic heterocycles. The highest BCUT2D eigenvalue weighted by Crippen LogP contribution is 2.16. The van der Waals surface area contributed by atoms with Gasteiger partial charge in [0, 0.05) is 36.4 Å². The minimum Gasteiger partial charge on any atom is -0.384 e. The van der Waals surface area contributed by atoms with Crippen LogP contribution >= 0.6 is 11.6 Å². The van der Waals surface area contributed by atoms with Crippen LogP contribution in [-0.2, 0) is 0 Å². The van der Waals surface area contributed by atoms with Crippen LogP contribution in [0.25, 0.3) is 0 Å². The second kappa shape index (κ2) is 7.87. The first-order valence-electron chi connectivity index (χ1n) is 7.68. The summed E-state index contributed by atoms with van der Waals surface area (Å²) in [6.07, 6.45) is 1.31. The average molecular weight is 296 g/mol. The predicted molar refractivity (Wildman–Crippen MR) is 87.7 cm³/mol. The molecular weight excluding hydrogens is 270 g/mol. The van der Waals surface area contributed by atoms with Crippen molar-refractivity contribution in [3.8, 4) is 0 Å². The molecule has 1 atom stereocenters. The molecule has 1 heterocycles. The maximum Gasteiger partial charge on any atom is 0.0407 e. The summed E-state index contributed by atoms with van der Waals surface area (Å²) < 4.78 is 0. The van der Waals surface area contributed by atoms with Crippen molar-refractivity contribution in [2.45, 2.75) is 26.3 Å². The Labute approximate surface area is 127 Å². The second-order valence-electron chi connectivity index (χ2n) is 5.40. The smallest absolute Gasteiger partial charge is 0.0407 e. The van der Waals surface area contributed by atoms with Crippen molar-refractivity contribution in [3.63, 3.8) is 0 Å². The van der Waals surface area contributed by atoms with E-state index in [2.05, 4.69) is 29.0 Å². The fourth-order valence-corrected chi connectivity index (χ4v) is 3.11. The molecule has 3 nitrogen and oxygen atoms in total. The van der Waals surface area contributed by atoms with Gasteiger partial charge in [-0.05, 0) is 50.3 Å². The van der Waals surface area contributed by atoms with Gasteiger partial charge in [-0.3, -0.25) is 9.80 Å². The lowest BCUT2D eigenvalue weighted by Crippen LogP contribution is -2.38. The Bertz CT molecular complexity index is 389. The van der Waals surface area contributed by atoms with E-state index in [-0.39, 0.29) is 0 Å². The zero-order chi connectivity index (χ0) is 14.4. The first-order valence-corrected chi connectivity index (χ1v) is 8.06. The zero-order valence-corrected chi connectivity index (χ0v) is 13.4. The summed E-state index contributed by atoms with van der Waals surface area (Å²) >= 11 is 5.88. The van der Waals surface area contributed by atoms with Gasteiger partial charge in [-0.1, -0.05) is 25.4 Å². The van der Waals surface area contributed by atoms with Crippen molar-refractivity contribution in [2.75, 3.05) is 44.6 Å². The molecule has 2 rings (SSSR count). The Morgan fingerprint density at radius 3 is 2.60 bits per heavy atom. The Hall–Kier alpha value is -0.770. The van der Waals surface area contributed by atoms with E-state index in [4.69, 9.17) is 11.6 Å². The summed E-state index contributed by atoms with van der Waals surface area (Å²) in [6, 6.07) is 8.67. The van der Waals surface area contributed by atoms with E-state index in [1.165, 1.54) is 19.5 Å². The number of rotatable bonds is 7. The number of halogens is 1. The Balaban J connectivity index is 1.69. The van der Waals surface area contributed by atoms with Crippen LogP contribution in [0.2, 0.25) is 5.02 Å². The van der Waals surface area contributed by atoms with Crippen LogP contribution in [0.3, 0.4) is 0 Å². The van der Waals surface area contributed by atoms with Gasteiger partial charge in [0.15, 0.2) is 0 Å². The van der Waals surface area contributed by atoms with Gasteiger partial charge in [0.1, 0.15) is 0 Å². The lowest BCUT2D eigenvalue weighted by molar-refractivity contribution is 0.212. The van der Waals surface area contributed by atoms with E-state index in [1.807, 2.05) is 24.3 Å². The number of benzene rings is 1. The van der Waals surface area contributed by atoms with Crippen molar-refractivity contribution >= 4 is 17.3 Å². The monoisotopic (exact) mass is 295 g/mol. The van der Waals surface area contributed by atoms with Crippen molar-refractivity contribution < 1.29 is 0 Å². The molecule has 0 radical (unpaired) electrons. The lowest BCUT2D eigenvalue weighted by atomic mass is 10.2. The van der Waals surface area contributed by atoms with Crippen molar-refractivity contribution in [3.05, 3.63) is 29.3 Å². The van der Waals surface area contributed by atoms with Gasteiger partial charge in [0.25, 0.3) is 0 Å². The highest BCUT2D eigenvalue weighted by molar-refractivity contribution is 6.30. The van der Waals surface area contributed by atoms with Gasteiger partial charge in [-0.15, -0.1) is 0 Å². The molecule has 0 aliphatic carbocycles. The number of nitrogens with one attached hydrogen (secondary N) is 1. The predicted octanol–water partition coefficient (Wildman–Crippen LogP) is 3.17. The number of nitrogens with zero attached hydrogens (tertiary/aromatic N) is 2. The molecule has 4 heteroatoms. The number of hydrogen-bond acceptors (Lipinski definition) is 3. The molecular formula is C16H26ClN3. The SMILES string of the molecule is CCN(CC)C1CCN(CCNc2ccc(Cl)cc2)C1. The van der Waals surface area contributed by atoms with E-state index in [1.54, 1.807) is 0 Å². The zero-order valence-electron chi connectivity index (χ0n) is 12.6. The molecule has 0 saturated carbocycles. The van der Waals surface area contributed by atoms with Crippen molar-refractivity contribution in [2.24, 2.45) is 0 Å². The van der Waals surface area contributed by atoms with E-state index in [0.717, 1.165) is 42.9 Å². The van der Waals surface area contributed by atoms with Crippen molar-refractivity contribution in [1.29, 1.82) is 0 Å². The van der Waals surface area contributed by atoms with Gasteiger partial charge in [0.2, 0.25) is 0 Å². The molecule has 1 aromatic rings. The third kappa shape index (κ3) is 4.37. The quantitative estimate of drug-likeness (QED) is 0.833. The summed E-state index contributed by atoms with van der Waals surface area (Å²) in [7, 11) is 0. The van der Waals surface area contributed by atoms with Crippen LogP contribution in [0.15, 0.2) is 24.3 Å². The average Bonchev–Trinajstić information content (AvgIpc) is 2.91. The summed E-state index contributed by atoms with van der Waals surface area (Å²) in [4.78, 5) is 5.14. The van der Waals surface area contributed by atoms with Crippen LogP contribution in [0.1, 0.15) is 20.3 Å². The third-order valence-electron chi connectivity index (χ3n) is 4.18. The maximum atomic E-state index is 5.88. The molecule has 0 aromatic heterocycles. The fourth-order valence-electron chi connectivity index (χ4n) is 2.98. The molecule has 1 N–H and O–H groups in total. The van der Waals surface area contributed by atoms with Gasteiger partial charge in [-0.25, -0.2) is 0 Å². The largest absolute Gasteiger partial charge is 0.384 e. The van der Waals surface area contributed by atoms with Crippen LogP contribution < -0.4 is 5.32 Å². The third-order valence-corrected chi connectivity index (χ3v) is 4.43. The van der Waals surface area contributed by atoms with Crippen LogP contribution in [-0.4, -0.2) is 55.1 Å². The number of anilines is 1. The van der Waals surface area contributed by atoms with Crippen LogP contribution in [0.4, 0.5) is 5.69 Å². The molecule has 1 saturated heterocycles. The number of likely N-dealkylation sites (N-methyl/N-ethyl adjacent to an activating group) is 1. The topological polar surface area (TPSA) is 18.5 Å². The summed E-state index contributed by atoms with van der Waals surface area (Å²) in [5, 5.41) is 4.25. The number of likely N-dealkylation sites (tertiary alicyclic amines) is 1. The minimum atomic E-state index is 0.750. The molecule has 0 spiro atoms. The van der Waals surface area contributed by atoms with Gasteiger partial charge < -0.3 is 5.32 Å². The normalized spacial score (nSPS) is 19.7. The van der Waals surface area contributed by atoms with Gasteiger partial charge in [0.05, 0.1) is 0 Å². The van der Waals surface area contributed by atoms with E-state index < -0.39 is 0 Å². The molecule has 0 bridgehead atoms. The highest BCUT2D eigenvalue weighted by atomic mass is 35.5. The first-order chi connectivity index (χ1) is 9.72. The molecule has 1 fully saturated rings. The molecule has 20 heavy (non-hydrogen) atoms. The van der Waals surface area contributed by atoms with E-state index in [0.29, 0.717) is 0 Å². The standard InChI is InChI=1S/C16H26ClN3/c1-3-20(4-2)16-9-11-19(13-16)12-10-18-15-7-5-14(17)6-8-15/h5-8,16,18H,3-4,9-13H2,1-2H3. The Morgan fingerprint density at radius 2 is 1.95 bits per heavy atom. The van der Waals surface area contributed by atoms with Crippen molar-refractivity contribution in [1.82, 2.24) is 9.80 Å². The Kier molecular flexibility index (Phi) is 6.14. The summed E-state index contributed by atoms with van der Waals surface area (Å²) in [5.74, 6) is 0. The van der Waals surface area contributed by atoms with E-state index in [9.17, 15) is 0 Å². The van der Waals surface area contributed by atoms with E-state index >= 15 is 0 Å². The fraction of sp³-hybridized carbons (Fsp3) is 0.625. The maximum absolute atomic E-state index is 5.88. The summed E-state index contributed by atoms with van der Waals surface area (Å²) in [6.45, 7) is 11.4. The lowest BCUT2D eigenvalue weighted by Gasteiger charge is -2.26. The minimum absolute atomic E-state index is 0.750. The van der Waals surface area contributed by atoms with Crippen LogP contribution in [0, 0.1) is 0 Å². The molecule has 1 unspecified atom stereocenters. The van der Waals surface area contributed by atoms with Crippen LogP contribution in [0.5, 0.6) is 0 Å². The van der Waals surface area contributed by atoms with Gasteiger partial charge >= 0.3 is 0 Å².